The van der Waals surface area contributed by atoms with Crippen molar-refractivity contribution in [2.45, 2.75) is 18.4 Å². The van der Waals surface area contributed by atoms with E-state index in [1.165, 1.54) is 18.2 Å². The largest absolute Gasteiger partial charge is 0.465 e. The lowest BCUT2D eigenvalue weighted by molar-refractivity contribution is -0.0297. The van der Waals surface area contributed by atoms with Gasteiger partial charge in [0, 0.05) is 6.54 Å². The molecule has 92 valence electrons. The molecule has 1 aromatic rings. The molecule has 17 heavy (non-hydrogen) atoms. The van der Waals surface area contributed by atoms with Gasteiger partial charge >= 0.3 is 6.09 Å². The molecule has 1 heterocycles. The summed E-state index contributed by atoms with van der Waals surface area (Å²) in [5, 5.41) is 19.3. The highest BCUT2D eigenvalue weighted by molar-refractivity contribution is 5.65. The molecule has 1 atom stereocenters. The van der Waals surface area contributed by atoms with Crippen LogP contribution in [0.4, 0.5) is 9.18 Å². The van der Waals surface area contributed by atoms with E-state index in [0.29, 0.717) is 24.9 Å². The van der Waals surface area contributed by atoms with E-state index in [1.54, 1.807) is 6.07 Å². The fourth-order valence-electron chi connectivity index (χ4n) is 2.21. The molecule has 1 amide bonds. The molecule has 1 fully saturated rings. The van der Waals surface area contributed by atoms with Crippen LogP contribution in [0.2, 0.25) is 0 Å². The fourth-order valence-corrected chi connectivity index (χ4v) is 2.21. The van der Waals surface area contributed by atoms with Crippen LogP contribution in [0.5, 0.6) is 0 Å². The lowest BCUT2D eigenvalue weighted by atomic mass is 9.86. The molecule has 1 aromatic carbocycles. The average Bonchev–Trinajstić information content (AvgIpc) is 2.29. The van der Waals surface area contributed by atoms with Gasteiger partial charge in [-0.1, -0.05) is 12.1 Å². The summed E-state index contributed by atoms with van der Waals surface area (Å²) in [6.45, 7) is 0.402. The van der Waals surface area contributed by atoms with E-state index in [2.05, 4.69) is 0 Å². The summed E-state index contributed by atoms with van der Waals surface area (Å²) >= 11 is 0. The molecule has 2 N–H and O–H groups in total. The van der Waals surface area contributed by atoms with Crippen LogP contribution < -0.4 is 0 Å². The number of aliphatic hydroxyl groups is 1. The highest BCUT2D eigenvalue weighted by Crippen LogP contribution is 2.31. The Hall–Kier alpha value is -1.62. The maximum atomic E-state index is 13.1. The van der Waals surface area contributed by atoms with Crippen LogP contribution in [0, 0.1) is 5.82 Å². The standard InChI is InChI=1S/C12H14FNO3/c13-10-4-1-3-9(7-10)12(17)5-2-6-14(8-12)11(15)16/h1,3-4,7,17H,2,5-6,8H2,(H,15,16). The van der Waals surface area contributed by atoms with Crippen molar-refractivity contribution >= 4 is 6.09 Å². The van der Waals surface area contributed by atoms with E-state index in [1.807, 2.05) is 0 Å². The third kappa shape index (κ3) is 2.39. The average molecular weight is 239 g/mol. The molecule has 4 nitrogen and oxygen atoms in total. The van der Waals surface area contributed by atoms with E-state index in [0.717, 1.165) is 4.90 Å². The van der Waals surface area contributed by atoms with Crippen molar-refractivity contribution in [1.29, 1.82) is 0 Å². The van der Waals surface area contributed by atoms with Gasteiger partial charge in [0.25, 0.3) is 0 Å². The van der Waals surface area contributed by atoms with Gasteiger partial charge in [0.15, 0.2) is 0 Å². The predicted octanol–water partition coefficient (Wildman–Crippen LogP) is 1.79. The number of β-amino-alcohol motifs (C(OH)–C–C–N with tert-alkyl or cyclic N) is 1. The van der Waals surface area contributed by atoms with Crippen molar-refractivity contribution in [2.75, 3.05) is 13.1 Å². The lowest BCUT2D eigenvalue weighted by Gasteiger charge is -2.38. The molecule has 1 saturated heterocycles. The third-order valence-corrected chi connectivity index (χ3v) is 3.10. The van der Waals surface area contributed by atoms with Crippen LogP contribution in [0.1, 0.15) is 18.4 Å². The van der Waals surface area contributed by atoms with Crippen LogP contribution in [0.25, 0.3) is 0 Å². The number of amides is 1. The summed E-state index contributed by atoms with van der Waals surface area (Å²) in [4.78, 5) is 12.0. The SMILES string of the molecule is O=C(O)N1CCCC(O)(c2cccc(F)c2)C1. The second-order valence-electron chi connectivity index (χ2n) is 4.35. The van der Waals surface area contributed by atoms with E-state index in [4.69, 9.17) is 5.11 Å². The van der Waals surface area contributed by atoms with Gasteiger partial charge in [0.05, 0.1) is 6.54 Å². The number of carboxylic acid groups (broad SMARTS) is 1. The quantitative estimate of drug-likeness (QED) is 0.785. The number of rotatable bonds is 1. The Kier molecular flexibility index (Phi) is 3.02. The lowest BCUT2D eigenvalue weighted by Crippen LogP contribution is -2.48. The molecule has 1 aliphatic rings. The van der Waals surface area contributed by atoms with Gasteiger partial charge in [0.1, 0.15) is 11.4 Å². The number of hydrogen-bond acceptors (Lipinski definition) is 2. The Labute approximate surface area is 98.3 Å². The van der Waals surface area contributed by atoms with Crippen LogP contribution in [0.15, 0.2) is 24.3 Å². The van der Waals surface area contributed by atoms with Crippen molar-refractivity contribution in [1.82, 2.24) is 4.90 Å². The summed E-state index contributed by atoms with van der Waals surface area (Å²) in [6, 6.07) is 5.69. The van der Waals surface area contributed by atoms with E-state index < -0.39 is 17.5 Å². The normalized spacial score (nSPS) is 24.7. The van der Waals surface area contributed by atoms with Gasteiger partial charge in [0.2, 0.25) is 0 Å². The topological polar surface area (TPSA) is 60.8 Å². The molecular weight excluding hydrogens is 225 g/mol. The summed E-state index contributed by atoms with van der Waals surface area (Å²) in [6.07, 6.45) is -0.0426. The molecule has 0 radical (unpaired) electrons. The zero-order valence-electron chi connectivity index (χ0n) is 9.27. The number of halogens is 1. The van der Waals surface area contributed by atoms with Gasteiger partial charge in [-0.25, -0.2) is 9.18 Å². The number of hydrogen-bond donors (Lipinski definition) is 2. The molecule has 1 aliphatic heterocycles. The minimum Gasteiger partial charge on any atom is -0.465 e. The van der Waals surface area contributed by atoms with Gasteiger partial charge in [-0.05, 0) is 30.5 Å². The fraction of sp³-hybridized carbons (Fsp3) is 0.417. The summed E-state index contributed by atoms with van der Waals surface area (Å²) in [5.41, 5.74) is -0.845. The Morgan fingerprint density at radius 1 is 1.47 bits per heavy atom. The van der Waals surface area contributed by atoms with Crippen LogP contribution in [-0.2, 0) is 5.60 Å². The Morgan fingerprint density at radius 3 is 2.88 bits per heavy atom. The Morgan fingerprint density at radius 2 is 2.24 bits per heavy atom. The van der Waals surface area contributed by atoms with Crippen molar-refractivity contribution in [3.8, 4) is 0 Å². The van der Waals surface area contributed by atoms with Gasteiger partial charge in [-0.2, -0.15) is 0 Å². The monoisotopic (exact) mass is 239 g/mol. The third-order valence-electron chi connectivity index (χ3n) is 3.10. The molecule has 0 saturated carbocycles. The van der Waals surface area contributed by atoms with Crippen molar-refractivity contribution in [3.63, 3.8) is 0 Å². The molecule has 0 aliphatic carbocycles. The van der Waals surface area contributed by atoms with Crippen molar-refractivity contribution in [3.05, 3.63) is 35.6 Å². The van der Waals surface area contributed by atoms with E-state index >= 15 is 0 Å². The van der Waals surface area contributed by atoms with Crippen LogP contribution >= 0.6 is 0 Å². The number of nitrogens with zero attached hydrogens (tertiary/aromatic N) is 1. The first-order valence-electron chi connectivity index (χ1n) is 5.47. The molecule has 5 heteroatoms. The molecule has 0 aromatic heterocycles. The smallest absolute Gasteiger partial charge is 0.407 e. The summed E-state index contributed by atoms with van der Waals surface area (Å²) in [7, 11) is 0. The number of carbonyl (C=O) groups is 1. The molecule has 1 unspecified atom stereocenters. The van der Waals surface area contributed by atoms with E-state index in [-0.39, 0.29) is 6.54 Å². The maximum absolute atomic E-state index is 13.1. The first kappa shape index (κ1) is 11.9. The molecule has 2 rings (SSSR count). The zero-order valence-corrected chi connectivity index (χ0v) is 9.27. The van der Waals surface area contributed by atoms with Crippen LogP contribution in [0.3, 0.4) is 0 Å². The van der Waals surface area contributed by atoms with Gasteiger partial charge < -0.3 is 15.1 Å². The Balaban J connectivity index is 2.26. The number of benzene rings is 1. The highest BCUT2D eigenvalue weighted by atomic mass is 19.1. The van der Waals surface area contributed by atoms with Crippen LogP contribution in [-0.4, -0.2) is 34.3 Å². The number of piperidine rings is 1. The van der Waals surface area contributed by atoms with Gasteiger partial charge in [-0.3, -0.25) is 0 Å². The molecule has 0 bridgehead atoms. The first-order valence-corrected chi connectivity index (χ1v) is 5.47. The first-order chi connectivity index (χ1) is 8.01. The minimum absolute atomic E-state index is 0.00815. The minimum atomic E-state index is -1.28. The van der Waals surface area contributed by atoms with Crippen molar-refractivity contribution in [2.24, 2.45) is 0 Å². The zero-order chi connectivity index (χ0) is 12.5. The van der Waals surface area contributed by atoms with Gasteiger partial charge in [-0.15, -0.1) is 0 Å². The Bertz CT molecular complexity index is 438. The highest BCUT2D eigenvalue weighted by Gasteiger charge is 2.36. The number of likely N-dealkylation sites (tertiary alicyclic amines) is 1. The van der Waals surface area contributed by atoms with Crippen molar-refractivity contribution < 1.29 is 19.4 Å². The summed E-state index contributed by atoms with van der Waals surface area (Å²) in [5.74, 6) is -0.427. The molecule has 0 spiro atoms. The predicted molar refractivity (Wildman–Crippen MR) is 59.1 cm³/mol. The van der Waals surface area contributed by atoms with E-state index in [9.17, 15) is 14.3 Å². The molecular formula is C12H14FNO3. The second-order valence-corrected chi connectivity index (χ2v) is 4.35. The second kappa shape index (κ2) is 4.33. The summed E-state index contributed by atoms with van der Waals surface area (Å²) < 4.78 is 13.1. The maximum Gasteiger partial charge on any atom is 0.407 e.